The van der Waals surface area contributed by atoms with Crippen molar-refractivity contribution >= 4 is 16.7 Å². The molecule has 180 valence electrons. The second-order valence-corrected chi connectivity index (χ2v) is 9.92. The molecule has 0 spiro atoms. The number of nitrogens with one attached hydrogen (secondary N) is 1. The standard InChI is InChI=1S/C26H31N3O4S/c1-19-4-10-23(11-5-19)34(31)18-24-20(2)33-26(28-24)22-8-6-21(7-9-22)25(30)27-12-3-13-29-14-16-32-17-15-29/h4-11H,3,12-18H2,1-2H3,(H,27,30)/t34-/m1/s1. The lowest BCUT2D eigenvalue weighted by atomic mass is 10.1. The van der Waals surface area contributed by atoms with Gasteiger partial charge in [-0.1, -0.05) is 17.7 Å². The fourth-order valence-corrected chi connectivity index (χ4v) is 4.90. The number of nitrogens with zero attached hydrogens (tertiary/aromatic N) is 2. The molecule has 1 aromatic heterocycles. The molecule has 0 unspecified atom stereocenters. The van der Waals surface area contributed by atoms with Crippen molar-refractivity contribution in [3.63, 3.8) is 0 Å². The van der Waals surface area contributed by atoms with Crippen LogP contribution < -0.4 is 5.32 Å². The highest BCUT2D eigenvalue weighted by Crippen LogP contribution is 2.24. The van der Waals surface area contributed by atoms with Crippen molar-refractivity contribution < 1.29 is 18.2 Å². The van der Waals surface area contributed by atoms with Gasteiger partial charge in [0, 0.05) is 35.7 Å². The lowest BCUT2D eigenvalue weighted by molar-refractivity contribution is 0.0374. The lowest BCUT2D eigenvalue weighted by Gasteiger charge is -2.26. The first kappa shape index (κ1) is 24.3. The van der Waals surface area contributed by atoms with Crippen LogP contribution in [0.3, 0.4) is 0 Å². The monoisotopic (exact) mass is 481 g/mol. The highest BCUT2D eigenvalue weighted by Gasteiger charge is 2.16. The zero-order chi connectivity index (χ0) is 23.9. The molecule has 0 bridgehead atoms. The molecule has 2 aromatic carbocycles. The summed E-state index contributed by atoms with van der Waals surface area (Å²) in [5.41, 5.74) is 3.18. The maximum absolute atomic E-state index is 12.7. The molecule has 0 aliphatic carbocycles. The van der Waals surface area contributed by atoms with Crippen LogP contribution in [-0.4, -0.2) is 59.4 Å². The summed E-state index contributed by atoms with van der Waals surface area (Å²) in [5, 5.41) is 2.98. The highest BCUT2D eigenvalue weighted by atomic mass is 32.2. The number of ether oxygens (including phenoxy) is 1. The summed E-state index contributed by atoms with van der Waals surface area (Å²) in [7, 11) is -1.20. The van der Waals surface area contributed by atoms with E-state index in [1.165, 1.54) is 0 Å². The van der Waals surface area contributed by atoms with Crippen LogP contribution in [0.15, 0.2) is 57.8 Å². The topological polar surface area (TPSA) is 84.7 Å². The molecule has 1 aliphatic heterocycles. The van der Waals surface area contributed by atoms with Gasteiger partial charge in [0.05, 0.1) is 35.5 Å². The molecule has 0 radical (unpaired) electrons. The molecule has 4 rings (SSSR count). The minimum atomic E-state index is -1.20. The van der Waals surface area contributed by atoms with Gasteiger partial charge >= 0.3 is 0 Å². The summed E-state index contributed by atoms with van der Waals surface area (Å²) in [6.07, 6.45) is 0.909. The maximum Gasteiger partial charge on any atom is 0.251 e. The van der Waals surface area contributed by atoms with E-state index in [4.69, 9.17) is 9.15 Å². The van der Waals surface area contributed by atoms with E-state index in [-0.39, 0.29) is 5.91 Å². The number of carbonyl (C=O) groups excluding carboxylic acids is 1. The van der Waals surface area contributed by atoms with Crippen LogP contribution in [0, 0.1) is 13.8 Å². The van der Waals surface area contributed by atoms with E-state index >= 15 is 0 Å². The van der Waals surface area contributed by atoms with E-state index in [0.29, 0.717) is 35.2 Å². The molecule has 7 nitrogen and oxygen atoms in total. The Morgan fingerprint density at radius 1 is 1.06 bits per heavy atom. The van der Waals surface area contributed by atoms with Crippen LogP contribution >= 0.6 is 0 Å². The van der Waals surface area contributed by atoms with Gasteiger partial charge in [0.1, 0.15) is 5.76 Å². The number of oxazole rings is 1. The fourth-order valence-electron chi connectivity index (χ4n) is 3.78. The minimum Gasteiger partial charge on any atom is -0.441 e. The van der Waals surface area contributed by atoms with Gasteiger partial charge in [-0.2, -0.15) is 0 Å². The van der Waals surface area contributed by atoms with E-state index in [9.17, 15) is 9.00 Å². The van der Waals surface area contributed by atoms with E-state index in [1.807, 2.05) is 50.2 Å². The normalized spacial score (nSPS) is 15.2. The Labute approximate surface area is 203 Å². The van der Waals surface area contributed by atoms with Gasteiger partial charge in [0.25, 0.3) is 5.91 Å². The third-order valence-corrected chi connectivity index (χ3v) is 7.21. The first-order valence-corrected chi connectivity index (χ1v) is 12.9. The number of carbonyl (C=O) groups is 1. The number of morpholine rings is 1. The third kappa shape index (κ3) is 6.40. The van der Waals surface area contributed by atoms with Crippen LogP contribution in [0.5, 0.6) is 0 Å². The van der Waals surface area contributed by atoms with Crippen molar-refractivity contribution in [1.29, 1.82) is 0 Å². The Morgan fingerprint density at radius 3 is 2.47 bits per heavy atom. The molecule has 2 heterocycles. The lowest BCUT2D eigenvalue weighted by Crippen LogP contribution is -2.38. The van der Waals surface area contributed by atoms with Gasteiger partial charge in [-0.3, -0.25) is 13.9 Å². The number of rotatable bonds is 9. The van der Waals surface area contributed by atoms with Crippen LogP contribution in [0.4, 0.5) is 0 Å². The Balaban J connectivity index is 1.31. The Morgan fingerprint density at radius 2 is 1.76 bits per heavy atom. The number of hydrogen-bond donors (Lipinski definition) is 1. The molecule has 34 heavy (non-hydrogen) atoms. The molecule has 0 saturated carbocycles. The molecule has 8 heteroatoms. The first-order chi connectivity index (χ1) is 16.5. The predicted octanol–water partition coefficient (Wildman–Crippen LogP) is 3.72. The summed E-state index contributed by atoms with van der Waals surface area (Å²) >= 11 is 0. The van der Waals surface area contributed by atoms with E-state index in [1.54, 1.807) is 12.1 Å². The van der Waals surface area contributed by atoms with Crippen molar-refractivity contribution in [2.45, 2.75) is 30.9 Å². The molecule has 1 saturated heterocycles. The van der Waals surface area contributed by atoms with E-state index < -0.39 is 10.8 Å². The van der Waals surface area contributed by atoms with Gasteiger partial charge < -0.3 is 14.5 Å². The largest absolute Gasteiger partial charge is 0.441 e. The minimum absolute atomic E-state index is 0.0914. The number of aryl methyl sites for hydroxylation is 2. The Bertz CT molecular complexity index is 1120. The van der Waals surface area contributed by atoms with Crippen molar-refractivity contribution in [3.05, 3.63) is 71.1 Å². The molecular formula is C26H31N3O4S. The molecule has 1 amide bonds. The summed E-state index contributed by atoms with van der Waals surface area (Å²) < 4.78 is 23.9. The first-order valence-electron chi connectivity index (χ1n) is 11.6. The van der Waals surface area contributed by atoms with Gasteiger partial charge in [0.15, 0.2) is 0 Å². The molecule has 1 fully saturated rings. The number of amides is 1. The molecule has 1 atom stereocenters. The third-order valence-electron chi connectivity index (χ3n) is 5.88. The predicted molar refractivity (Wildman–Crippen MR) is 132 cm³/mol. The molecule has 1 N–H and O–H groups in total. The summed E-state index contributed by atoms with van der Waals surface area (Å²) in [6.45, 7) is 8.92. The Hall–Kier alpha value is -2.81. The van der Waals surface area contributed by atoms with Crippen LogP contribution in [-0.2, 0) is 21.3 Å². The number of hydrogen-bond acceptors (Lipinski definition) is 6. The quantitative estimate of drug-likeness (QED) is 0.469. The molecule has 1 aliphatic rings. The Kier molecular flexibility index (Phi) is 8.26. The SMILES string of the molecule is Cc1ccc([S@](=O)Cc2nc(-c3ccc(C(=O)NCCCN4CCOCC4)cc3)oc2C)cc1. The van der Waals surface area contributed by atoms with Gasteiger partial charge in [0.2, 0.25) is 5.89 Å². The molecule has 3 aromatic rings. The molecular weight excluding hydrogens is 450 g/mol. The van der Waals surface area contributed by atoms with Gasteiger partial charge in [-0.25, -0.2) is 4.98 Å². The van der Waals surface area contributed by atoms with Gasteiger partial charge in [-0.15, -0.1) is 0 Å². The maximum atomic E-state index is 12.7. The average Bonchev–Trinajstić information content (AvgIpc) is 3.22. The fraction of sp³-hybridized carbons (Fsp3) is 0.385. The summed E-state index contributed by atoms with van der Waals surface area (Å²) in [6, 6.07) is 14.9. The van der Waals surface area contributed by atoms with Gasteiger partial charge in [-0.05, 0) is 63.2 Å². The zero-order valence-corrected chi connectivity index (χ0v) is 20.5. The second-order valence-electron chi connectivity index (χ2n) is 8.47. The van der Waals surface area contributed by atoms with Crippen molar-refractivity contribution in [3.8, 4) is 11.5 Å². The smallest absolute Gasteiger partial charge is 0.251 e. The van der Waals surface area contributed by atoms with Crippen LogP contribution in [0.1, 0.15) is 33.8 Å². The van der Waals surface area contributed by atoms with Crippen molar-refractivity contribution in [1.82, 2.24) is 15.2 Å². The zero-order valence-electron chi connectivity index (χ0n) is 19.7. The van der Waals surface area contributed by atoms with Crippen LogP contribution in [0.2, 0.25) is 0 Å². The van der Waals surface area contributed by atoms with E-state index in [2.05, 4.69) is 15.2 Å². The highest BCUT2D eigenvalue weighted by molar-refractivity contribution is 7.84. The number of aromatic nitrogens is 1. The van der Waals surface area contributed by atoms with Crippen molar-refractivity contribution in [2.24, 2.45) is 0 Å². The van der Waals surface area contributed by atoms with Crippen LogP contribution in [0.25, 0.3) is 11.5 Å². The second kappa shape index (κ2) is 11.6. The summed E-state index contributed by atoms with van der Waals surface area (Å²) in [5.74, 6) is 1.32. The summed E-state index contributed by atoms with van der Waals surface area (Å²) in [4.78, 5) is 20.2. The van der Waals surface area contributed by atoms with Crippen molar-refractivity contribution in [2.75, 3.05) is 39.4 Å². The average molecular weight is 482 g/mol. The number of benzene rings is 2. The van der Waals surface area contributed by atoms with E-state index in [0.717, 1.165) is 55.3 Å².